The second kappa shape index (κ2) is 6.39. The number of carbonyl (C=O) groups excluding carboxylic acids is 1. The number of amides is 1. The Bertz CT molecular complexity index is 797. The number of pyridine rings is 1. The molecule has 1 aromatic carbocycles. The van der Waals surface area contributed by atoms with Crippen LogP contribution in [0.15, 0.2) is 36.7 Å². The topological polar surface area (TPSA) is 57.0 Å². The maximum absolute atomic E-state index is 12.7. The molecule has 23 heavy (non-hydrogen) atoms. The fourth-order valence-electron chi connectivity index (χ4n) is 3.10. The van der Waals surface area contributed by atoms with E-state index in [1.807, 2.05) is 24.0 Å². The number of nitrogens with zero attached hydrogens (tertiary/aromatic N) is 3. The van der Waals surface area contributed by atoms with Crippen molar-refractivity contribution < 1.29 is 4.79 Å². The predicted octanol–water partition coefficient (Wildman–Crippen LogP) is 3.30. The normalized spacial score (nSPS) is 16.6. The van der Waals surface area contributed by atoms with Crippen LogP contribution in [-0.4, -0.2) is 22.3 Å². The number of benzene rings is 1. The molecule has 0 radical (unpaired) electrons. The summed E-state index contributed by atoms with van der Waals surface area (Å²) in [6.45, 7) is 2.72. The quantitative estimate of drug-likeness (QED) is 0.851. The minimum atomic E-state index is -0.0170. The largest absolute Gasteiger partial charge is 0.335 e. The van der Waals surface area contributed by atoms with E-state index in [1.54, 1.807) is 0 Å². The van der Waals surface area contributed by atoms with E-state index in [1.165, 1.54) is 23.5 Å². The lowest BCUT2D eigenvalue weighted by molar-refractivity contribution is -0.133. The second-order valence-electron chi connectivity index (χ2n) is 5.65. The molecule has 3 rings (SSSR count). The van der Waals surface area contributed by atoms with Crippen LogP contribution in [0.5, 0.6) is 0 Å². The Balaban J connectivity index is 1.85. The smallest absolute Gasteiger partial charge is 0.227 e. The minimum absolute atomic E-state index is 0.0170. The van der Waals surface area contributed by atoms with E-state index in [4.69, 9.17) is 11.6 Å². The van der Waals surface area contributed by atoms with Crippen LogP contribution in [-0.2, 0) is 17.6 Å². The van der Waals surface area contributed by atoms with Gasteiger partial charge in [-0.25, -0.2) is 0 Å². The van der Waals surface area contributed by atoms with Crippen LogP contribution < -0.4 is 0 Å². The van der Waals surface area contributed by atoms with E-state index >= 15 is 0 Å². The van der Waals surface area contributed by atoms with Crippen molar-refractivity contribution in [1.29, 1.82) is 5.26 Å². The summed E-state index contributed by atoms with van der Waals surface area (Å²) in [7, 11) is 0. The summed E-state index contributed by atoms with van der Waals surface area (Å²) >= 11 is 6.12. The summed E-state index contributed by atoms with van der Waals surface area (Å²) in [6.07, 6.45) is 3.89. The van der Waals surface area contributed by atoms with Crippen LogP contribution in [0.3, 0.4) is 0 Å². The monoisotopic (exact) mass is 325 g/mol. The molecule has 0 fully saturated rings. The van der Waals surface area contributed by atoms with Crippen LogP contribution in [0.1, 0.15) is 35.2 Å². The van der Waals surface area contributed by atoms with Crippen LogP contribution in [0.4, 0.5) is 0 Å². The Kier molecular flexibility index (Phi) is 4.31. The third kappa shape index (κ3) is 2.93. The molecule has 2 heterocycles. The van der Waals surface area contributed by atoms with Gasteiger partial charge in [0.2, 0.25) is 5.91 Å². The average Bonchev–Trinajstić information content (AvgIpc) is 2.57. The van der Waals surface area contributed by atoms with Gasteiger partial charge in [-0.2, -0.15) is 5.26 Å². The van der Waals surface area contributed by atoms with Gasteiger partial charge in [-0.05, 0) is 24.5 Å². The van der Waals surface area contributed by atoms with Crippen molar-refractivity contribution in [2.45, 2.75) is 25.8 Å². The van der Waals surface area contributed by atoms with Gasteiger partial charge in [-0.15, -0.1) is 0 Å². The van der Waals surface area contributed by atoms with Crippen molar-refractivity contribution in [3.63, 3.8) is 0 Å². The summed E-state index contributed by atoms with van der Waals surface area (Å²) < 4.78 is 0. The maximum Gasteiger partial charge on any atom is 0.227 e. The molecule has 1 aliphatic rings. The Morgan fingerprint density at radius 2 is 2.22 bits per heavy atom. The van der Waals surface area contributed by atoms with Crippen LogP contribution in [0, 0.1) is 11.3 Å². The van der Waals surface area contributed by atoms with Crippen molar-refractivity contribution in [2.75, 3.05) is 6.54 Å². The first-order valence-corrected chi connectivity index (χ1v) is 7.89. The fourth-order valence-corrected chi connectivity index (χ4v) is 3.33. The molecule has 4 nitrogen and oxygen atoms in total. The van der Waals surface area contributed by atoms with Gasteiger partial charge < -0.3 is 4.90 Å². The maximum atomic E-state index is 12.7. The number of halogens is 1. The molecule has 0 aliphatic carbocycles. The summed E-state index contributed by atoms with van der Waals surface area (Å²) in [6, 6.07) is 10.3. The van der Waals surface area contributed by atoms with E-state index in [0.717, 1.165) is 6.42 Å². The highest BCUT2D eigenvalue weighted by Crippen LogP contribution is 2.30. The number of rotatable bonds is 2. The fraction of sp³-hybridized carbons (Fsp3) is 0.278. The van der Waals surface area contributed by atoms with Gasteiger partial charge in [0.05, 0.1) is 23.0 Å². The first kappa shape index (κ1) is 15.5. The summed E-state index contributed by atoms with van der Waals surface area (Å²) in [5.74, 6) is -0.0170. The highest BCUT2D eigenvalue weighted by molar-refractivity contribution is 6.31. The van der Waals surface area contributed by atoms with Gasteiger partial charge in [0.25, 0.3) is 0 Å². The van der Waals surface area contributed by atoms with Gasteiger partial charge >= 0.3 is 0 Å². The van der Waals surface area contributed by atoms with Gasteiger partial charge in [0.15, 0.2) is 0 Å². The lowest BCUT2D eigenvalue weighted by Gasteiger charge is -2.35. The lowest BCUT2D eigenvalue weighted by Crippen LogP contribution is -2.39. The average molecular weight is 326 g/mol. The van der Waals surface area contributed by atoms with Crippen molar-refractivity contribution >= 4 is 17.5 Å². The number of hydrogen-bond donors (Lipinski definition) is 0. The van der Waals surface area contributed by atoms with E-state index in [2.05, 4.69) is 23.2 Å². The van der Waals surface area contributed by atoms with Crippen molar-refractivity contribution in [3.8, 4) is 6.07 Å². The van der Waals surface area contributed by atoms with Crippen molar-refractivity contribution in [2.24, 2.45) is 0 Å². The standard InChI is InChI=1S/C18H16ClN3O/c1-12-15-5-3-2-4-13(15)6-7-22(12)18(23)8-16-14(9-20)10-21-11-17(16)19/h2-5,10-12H,6-8H2,1H3. The molecular formula is C18H16ClN3O. The van der Waals surface area contributed by atoms with E-state index in [0.29, 0.717) is 22.7 Å². The molecule has 0 bridgehead atoms. The highest BCUT2D eigenvalue weighted by Gasteiger charge is 2.28. The van der Waals surface area contributed by atoms with Crippen LogP contribution in [0.25, 0.3) is 0 Å². The third-order valence-corrected chi connectivity index (χ3v) is 4.69. The Morgan fingerprint density at radius 3 is 3.00 bits per heavy atom. The van der Waals surface area contributed by atoms with Crippen molar-refractivity contribution in [3.05, 3.63) is 63.9 Å². The zero-order chi connectivity index (χ0) is 16.4. The Hall–Kier alpha value is -2.38. The summed E-state index contributed by atoms with van der Waals surface area (Å²) in [5.41, 5.74) is 3.40. The number of carbonyl (C=O) groups is 1. The molecule has 2 aromatic rings. The zero-order valence-electron chi connectivity index (χ0n) is 12.8. The Morgan fingerprint density at radius 1 is 1.43 bits per heavy atom. The van der Waals surface area contributed by atoms with E-state index in [9.17, 15) is 10.1 Å². The molecule has 0 saturated carbocycles. The van der Waals surface area contributed by atoms with Gasteiger partial charge in [0, 0.05) is 24.5 Å². The number of aromatic nitrogens is 1. The number of hydrogen-bond acceptors (Lipinski definition) is 3. The molecular weight excluding hydrogens is 310 g/mol. The number of fused-ring (bicyclic) bond motifs is 1. The molecule has 5 heteroatoms. The molecule has 1 unspecified atom stereocenters. The highest BCUT2D eigenvalue weighted by atomic mass is 35.5. The third-order valence-electron chi connectivity index (χ3n) is 4.37. The molecule has 1 atom stereocenters. The zero-order valence-corrected chi connectivity index (χ0v) is 13.5. The molecule has 0 saturated heterocycles. The van der Waals surface area contributed by atoms with Gasteiger partial charge in [-0.3, -0.25) is 9.78 Å². The van der Waals surface area contributed by atoms with Crippen molar-refractivity contribution in [1.82, 2.24) is 9.88 Å². The molecule has 1 aromatic heterocycles. The first-order chi connectivity index (χ1) is 11.1. The Labute approximate surface area is 140 Å². The van der Waals surface area contributed by atoms with Gasteiger partial charge in [-0.1, -0.05) is 35.9 Å². The molecule has 0 spiro atoms. The second-order valence-corrected chi connectivity index (χ2v) is 6.06. The molecule has 1 amide bonds. The molecule has 1 aliphatic heterocycles. The molecule has 116 valence electrons. The lowest BCUT2D eigenvalue weighted by atomic mass is 9.93. The minimum Gasteiger partial charge on any atom is -0.335 e. The van der Waals surface area contributed by atoms with E-state index in [-0.39, 0.29) is 18.4 Å². The van der Waals surface area contributed by atoms with Gasteiger partial charge in [0.1, 0.15) is 6.07 Å². The SMILES string of the molecule is CC1c2ccccc2CCN1C(=O)Cc1c(Cl)cncc1C#N. The summed E-state index contributed by atoms with van der Waals surface area (Å²) in [5, 5.41) is 9.54. The molecule has 0 N–H and O–H groups in total. The van der Waals surface area contributed by atoms with Crippen LogP contribution in [0.2, 0.25) is 5.02 Å². The number of nitriles is 1. The predicted molar refractivity (Wildman–Crippen MR) is 87.9 cm³/mol. The summed E-state index contributed by atoms with van der Waals surface area (Å²) in [4.78, 5) is 18.5. The first-order valence-electron chi connectivity index (χ1n) is 7.51. The van der Waals surface area contributed by atoms with E-state index < -0.39 is 0 Å². The van der Waals surface area contributed by atoms with Crippen LogP contribution >= 0.6 is 11.6 Å².